The minimum atomic E-state index is -0.668. The van der Waals surface area contributed by atoms with Crippen molar-refractivity contribution < 1.29 is 24.5 Å². The van der Waals surface area contributed by atoms with E-state index in [1.807, 2.05) is 42.6 Å². The third-order valence-corrected chi connectivity index (χ3v) is 7.87. The Bertz CT molecular complexity index is 1690. The molecule has 0 fully saturated rings. The zero-order valence-electron chi connectivity index (χ0n) is 28.6. The van der Waals surface area contributed by atoms with Gasteiger partial charge in [-0.15, -0.1) is 0 Å². The van der Waals surface area contributed by atoms with Crippen LogP contribution in [0.25, 0.3) is 10.9 Å². The number of aliphatic hydroxyl groups is 2. The van der Waals surface area contributed by atoms with Crippen LogP contribution in [0, 0.1) is 11.3 Å². The fraction of sp³-hybridized carbons (Fsp3) is 0.421. The zero-order chi connectivity index (χ0) is 34.7. The van der Waals surface area contributed by atoms with E-state index in [2.05, 4.69) is 73.8 Å². The summed E-state index contributed by atoms with van der Waals surface area (Å²) in [6, 6.07) is 23.0. The van der Waals surface area contributed by atoms with Crippen molar-refractivity contribution in [2.75, 3.05) is 31.6 Å². The fourth-order valence-corrected chi connectivity index (χ4v) is 5.34. The standard InChI is InChI=1S/C22H25N3O2.C16H24N2O3/c1-22(2,11-17-13-24-20-9-5-4-8-19(17)20)25-14-18(26)15-27-21-10-6-3-7-16(21)12-23;1-16(2,3)17-9-11(19)10-21-14-6-4-5-13-12(14)7-8-15(20)18-13/h3-10,13,18,24-26H,11,14-15H2,1-2H3;4-6,11,17,19H,7-10H2,1-3H3,(H,18,20). The number of carbonyl (C=O) groups excluding carboxylic acids is 1. The molecule has 1 amide bonds. The molecule has 1 aliphatic rings. The van der Waals surface area contributed by atoms with Gasteiger partial charge in [0.25, 0.3) is 0 Å². The number of hydrogen-bond donors (Lipinski definition) is 6. The SMILES string of the molecule is CC(C)(C)NCC(O)COc1cccc2c1CCC(=O)N2.CC(C)(Cc1c[nH]c2ccccc12)NCC(O)COc1ccccc1C#N. The summed E-state index contributed by atoms with van der Waals surface area (Å²) in [7, 11) is 0. The molecule has 0 radical (unpaired) electrons. The second-order valence-electron chi connectivity index (χ2n) is 13.8. The predicted molar refractivity (Wildman–Crippen MR) is 189 cm³/mol. The normalized spacial score (nSPS) is 14.2. The van der Waals surface area contributed by atoms with Crippen LogP contribution in [0.4, 0.5) is 5.69 Å². The molecule has 1 aromatic heterocycles. The van der Waals surface area contributed by atoms with Gasteiger partial charge >= 0.3 is 0 Å². The highest BCUT2D eigenvalue weighted by atomic mass is 16.5. The number of rotatable bonds is 13. The number of ether oxygens (including phenoxy) is 2. The van der Waals surface area contributed by atoms with E-state index in [9.17, 15) is 15.0 Å². The van der Waals surface area contributed by atoms with Crippen LogP contribution in [-0.2, 0) is 17.6 Å². The average Bonchev–Trinajstić information content (AvgIpc) is 3.46. The van der Waals surface area contributed by atoms with Crippen LogP contribution in [0.5, 0.6) is 11.5 Å². The summed E-state index contributed by atoms with van der Waals surface area (Å²) in [5, 5.41) is 40.0. The van der Waals surface area contributed by atoms with E-state index in [-0.39, 0.29) is 30.2 Å². The molecule has 2 atom stereocenters. The Morgan fingerprint density at radius 2 is 1.50 bits per heavy atom. The molecule has 10 heteroatoms. The van der Waals surface area contributed by atoms with E-state index in [1.54, 1.807) is 18.2 Å². The number of benzene rings is 3. The molecule has 4 aromatic rings. The summed E-state index contributed by atoms with van der Waals surface area (Å²) in [6.07, 6.45) is 2.79. The Balaban J connectivity index is 0.000000224. The molecule has 1 aliphatic heterocycles. The summed E-state index contributed by atoms with van der Waals surface area (Å²) in [6.45, 7) is 11.6. The fourth-order valence-electron chi connectivity index (χ4n) is 5.34. The Hall–Kier alpha value is -4.40. The predicted octanol–water partition coefficient (Wildman–Crippen LogP) is 5.09. The molecule has 0 saturated carbocycles. The summed E-state index contributed by atoms with van der Waals surface area (Å²) in [5.41, 5.74) is 4.45. The third-order valence-electron chi connectivity index (χ3n) is 7.87. The smallest absolute Gasteiger partial charge is 0.224 e. The number of nitrogens with zero attached hydrogens (tertiary/aromatic N) is 1. The number of aromatic amines is 1. The number of nitrogens with one attached hydrogen (secondary N) is 4. The number of para-hydroxylation sites is 2. The first-order chi connectivity index (χ1) is 22.8. The maximum absolute atomic E-state index is 11.4. The lowest BCUT2D eigenvalue weighted by molar-refractivity contribution is -0.116. The number of aliphatic hydroxyl groups excluding tert-OH is 2. The monoisotopic (exact) mass is 655 g/mol. The summed E-state index contributed by atoms with van der Waals surface area (Å²) < 4.78 is 11.3. The molecule has 0 bridgehead atoms. The van der Waals surface area contributed by atoms with Crippen molar-refractivity contribution >= 4 is 22.5 Å². The first kappa shape index (κ1) is 36.4. The zero-order valence-corrected chi connectivity index (χ0v) is 28.6. The van der Waals surface area contributed by atoms with Crippen molar-refractivity contribution in [1.29, 1.82) is 5.26 Å². The number of carbonyl (C=O) groups is 1. The molecule has 3 aromatic carbocycles. The minimum Gasteiger partial charge on any atom is -0.490 e. The lowest BCUT2D eigenvalue weighted by atomic mass is 9.94. The van der Waals surface area contributed by atoms with Gasteiger partial charge in [-0.2, -0.15) is 5.26 Å². The molecule has 48 heavy (non-hydrogen) atoms. The van der Waals surface area contributed by atoms with Gasteiger partial charge in [0.2, 0.25) is 5.91 Å². The number of fused-ring (bicyclic) bond motifs is 2. The number of aromatic nitrogens is 1. The van der Waals surface area contributed by atoms with Gasteiger partial charge in [0.15, 0.2) is 0 Å². The van der Waals surface area contributed by atoms with E-state index in [0.29, 0.717) is 37.2 Å². The van der Waals surface area contributed by atoms with Crippen LogP contribution < -0.4 is 25.4 Å². The molecule has 256 valence electrons. The summed E-state index contributed by atoms with van der Waals surface area (Å²) in [5.74, 6) is 1.27. The van der Waals surface area contributed by atoms with Crippen LogP contribution in [0.3, 0.4) is 0 Å². The number of amides is 1. The van der Waals surface area contributed by atoms with Crippen molar-refractivity contribution in [2.24, 2.45) is 0 Å². The largest absolute Gasteiger partial charge is 0.490 e. The van der Waals surface area contributed by atoms with E-state index in [0.717, 1.165) is 28.9 Å². The maximum Gasteiger partial charge on any atom is 0.224 e. The molecule has 6 N–H and O–H groups in total. The van der Waals surface area contributed by atoms with E-state index < -0.39 is 12.2 Å². The Morgan fingerprint density at radius 1 is 0.854 bits per heavy atom. The van der Waals surface area contributed by atoms with Crippen LogP contribution in [-0.4, -0.2) is 70.7 Å². The summed E-state index contributed by atoms with van der Waals surface area (Å²) >= 11 is 0. The topological polar surface area (TPSA) is 152 Å². The first-order valence-corrected chi connectivity index (χ1v) is 16.4. The second kappa shape index (κ2) is 16.6. The molecular formula is C38H49N5O5. The van der Waals surface area contributed by atoms with Gasteiger partial charge in [0.05, 0.1) is 5.56 Å². The Kier molecular flexibility index (Phi) is 12.6. The van der Waals surface area contributed by atoms with Crippen LogP contribution in [0.15, 0.2) is 72.9 Å². The average molecular weight is 656 g/mol. The van der Waals surface area contributed by atoms with Crippen LogP contribution in [0.1, 0.15) is 57.7 Å². The van der Waals surface area contributed by atoms with Crippen molar-refractivity contribution in [1.82, 2.24) is 15.6 Å². The first-order valence-electron chi connectivity index (χ1n) is 16.4. The van der Waals surface area contributed by atoms with Crippen LogP contribution >= 0.6 is 0 Å². The van der Waals surface area contributed by atoms with Gasteiger partial charge in [0, 0.05) is 58.9 Å². The lowest BCUT2D eigenvalue weighted by Gasteiger charge is -2.28. The van der Waals surface area contributed by atoms with Gasteiger partial charge in [0.1, 0.15) is 43.0 Å². The second-order valence-corrected chi connectivity index (χ2v) is 13.8. The molecule has 10 nitrogen and oxygen atoms in total. The Labute approximate surface area is 283 Å². The van der Waals surface area contributed by atoms with E-state index in [4.69, 9.17) is 14.7 Å². The van der Waals surface area contributed by atoms with Gasteiger partial charge in [-0.3, -0.25) is 4.79 Å². The summed E-state index contributed by atoms with van der Waals surface area (Å²) in [4.78, 5) is 14.7. The highest BCUT2D eigenvalue weighted by Gasteiger charge is 2.22. The highest BCUT2D eigenvalue weighted by Crippen LogP contribution is 2.31. The van der Waals surface area contributed by atoms with Crippen LogP contribution in [0.2, 0.25) is 0 Å². The molecule has 5 rings (SSSR count). The van der Waals surface area contributed by atoms with Gasteiger partial charge < -0.3 is 40.6 Å². The molecule has 2 unspecified atom stereocenters. The van der Waals surface area contributed by atoms with Gasteiger partial charge in [-0.1, -0.05) is 36.4 Å². The van der Waals surface area contributed by atoms with E-state index >= 15 is 0 Å². The molecule has 0 spiro atoms. The van der Waals surface area contributed by atoms with E-state index in [1.165, 1.54) is 10.9 Å². The molecule has 0 aliphatic carbocycles. The maximum atomic E-state index is 11.4. The number of H-pyrrole nitrogens is 1. The number of β-amino-alcohol motifs (C(OH)–C–C–N with tert-alkyl or cyclic N) is 2. The molecular weight excluding hydrogens is 606 g/mol. The van der Waals surface area contributed by atoms with Gasteiger partial charge in [-0.25, -0.2) is 0 Å². The Morgan fingerprint density at radius 3 is 2.23 bits per heavy atom. The van der Waals surface area contributed by atoms with Crippen molar-refractivity contribution in [3.8, 4) is 17.6 Å². The minimum absolute atomic E-state index is 0.0306. The van der Waals surface area contributed by atoms with Crippen molar-refractivity contribution in [3.63, 3.8) is 0 Å². The van der Waals surface area contributed by atoms with Crippen molar-refractivity contribution in [3.05, 3.63) is 89.6 Å². The molecule has 2 heterocycles. The van der Waals surface area contributed by atoms with Crippen molar-refractivity contribution in [2.45, 2.75) is 77.2 Å². The lowest BCUT2D eigenvalue weighted by Crippen LogP contribution is -2.46. The third kappa shape index (κ3) is 11.1. The highest BCUT2D eigenvalue weighted by molar-refractivity contribution is 5.94. The molecule has 0 saturated heterocycles. The number of anilines is 1. The number of nitriles is 1. The number of hydrogen-bond acceptors (Lipinski definition) is 8. The van der Waals surface area contributed by atoms with Gasteiger partial charge in [-0.05, 0) is 83.4 Å². The quantitative estimate of drug-likeness (QED) is 0.117.